The summed E-state index contributed by atoms with van der Waals surface area (Å²) in [5.74, 6) is 0.0279. The fraction of sp³-hybridized carbons (Fsp3) is 0.462. The van der Waals surface area contributed by atoms with E-state index < -0.39 is 0 Å². The van der Waals surface area contributed by atoms with Gasteiger partial charge in [0.2, 0.25) is 5.91 Å². The van der Waals surface area contributed by atoms with E-state index in [1.54, 1.807) is 0 Å². The second-order valence-corrected chi connectivity index (χ2v) is 4.36. The molecular formula is C13H19N3O2. The molecule has 1 aliphatic heterocycles. The fourth-order valence-corrected chi connectivity index (χ4v) is 1.91. The third kappa shape index (κ3) is 3.72. The zero-order valence-electron chi connectivity index (χ0n) is 10.4. The number of nitrogens with zero attached hydrogens (tertiary/aromatic N) is 1. The summed E-state index contributed by atoms with van der Waals surface area (Å²) in [5, 5.41) is 2.89. The quantitative estimate of drug-likeness (QED) is 0.749. The van der Waals surface area contributed by atoms with E-state index in [0.29, 0.717) is 32.0 Å². The third-order valence-electron chi connectivity index (χ3n) is 3.00. The Bertz CT molecular complexity index is 403. The molecule has 1 fully saturated rings. The second-order valence-electron chi connectivity index (χ2n) is 4.36. The number of ether oxygens (including phenoxy) is 1. The maximum atomic E-state index is 11.8. The standard InChI is InChI=1S/C13H19N3O2/c14-12-4-2-1-3-11(12)9-15-13(17)10-16-5-7-18-8-6-16/h1-4H,5-10,14H2,(H,15,17). The van der Waals surface area contributed by atoms with Crippen molar-refractivity contribution in [3.63, 3.8) is 0 Å². The largest absolute Gasteiger partial charge is 0.398 e. The Morgan fingerprint density at radius 2 is 2.06 bits per heavy atom. The summed E-state index contributed by atoms with van der Waals surface area (Å²) in [6.45, 7) is 3.96. The maximum absolute atomic E-state index is 11.8. The predicted molar refractivity (Wildman–Crippen MR) is 70.0 cm³/mol. The van der Waals surface area contributed by atoms with Gasteiger partial charge in [0.1, 0.15) is 0 Å². The average molecular weight is 249 g/mol. The molecule has 1 heterocycles. The molecule has 0 aromatic heterocycles. The SMILES string of the molecule is Nc1ccccc1CNC(=O)CN1CCOCC1. The van der Waals surface area contributed by atoms with Gasteiger partial charge >= 0.3 is 0 Å². The van der Waals surface area contributed by atoms with Crippen LogP contribution in [0.4, 0.5) is 5.69 Å². The number of nitrogen functional groups attached to an aromatic ring is 1. The summed E-state index contributed by atoms with van der Waals surface area (Å²) < 4.78 is 5.24. The Morgan fingerprint density at radius 3 is 2.78 bits per heavy atom. The Morgan fingerprint density at radius 1 is 1.33 bits per heavy atom. The average Bonchev–Trinajstić information content (AvgIpc) is 2.39. The highest BCUT2D eigenvalue weighted by Crippen LogP contribution is 2.09. The predicted octanol–water partition coefficient (Wildman–Crippen LogP) is 0.217. The van der Waals surface area contributed by atoms with Crippen LogP contribution in [0, 0.1) is 0 Å². The lowest BCUT2D eigenvalue weighted by Gasteiger charge is -2.25. The summed E-state index contributed by atoms with van der Waals surface area (Å²) >= 11 is 0. The number of rotatable bonds is 4. The highest BCUT2D eigenvalue weighted by atomic mass is 16.5. The molecule has 98 valence electrons. The van der Waals surface area contributed by atoms with Crippen molar-refractivity contribution in [2.45, 2.75) is 6.54 Å². The van der Waals surface area contributed by atoms with Crippen molar-refractivity contribution in [1.29, 1.82) is 0 Å². The van der Waals surface area contributed by atoms with E-state index in [1.807, 2.05) is 24.3 Å². The Hall–Kier alpha value is -1.59. The Balaban J connectivity index is 1.76. The number of anilines is 1. The number of carbonyl (C=O) groups is 1. The van der Waals surface area contributed by atoms with E-state index in [2.05, 4.69) is 10.2 Å². The molecule has 1 amide bonds. The van der Waals surface area contributed by atoms with Crippen LogP contribution in [0.3, 0.4) is 0 Å². The second kappa shape index (κ2) is 6.37. The lowest BCUT2D eigenvalue weighted by Crippen LogP contribution is -2.43. The number of nitrogens with one attached hydrogen (secondary N) is 1. The van der Waals surface area contributed by atoms with Crippen molar-refractivity contribution < 1.29 is 9.53 Å². The van der Waals surface area contributed by atoms with Crippen LogP contribution >= 0.6 is 0 Å². The van der Waals surface area contributed by atoms with Gasteiger partial charge in [0.25, 0.3) is 0 Å². The van der Waals surface area contributed by atoms with Crippen molar-refractivity contribution in [1.82, 2.24) is 10.2 Å². The van der Waals surface area contributed by atoms with Crippen molar-refractivity contribution in [3.05, 3.63) is 29.8 Å². The molecule has 0 atom stereocenters. The van der Waals surface area contributed by atoms with Crippen molar-refractivity contribution in [2.24, 2.45) is 0 Å². The van der Waals surface area contributed by atoms with Crippen LogP contribution < -0.4 is 11.1 Å². The first-order chi connectivity index (χ1) is 8.75. The molecular weight excluding hydrogens is 230 g/mol. The number of amides is 1. The summed E-state index contributed by atoms with van der Waals surface area (Å²) in [7, 11) is 0. The van der Waals surface area contributed by atoms with Crippen LogP contribution in [-0.4, -0.2) is 43.7 Å². The van der Waals surface area contributed by atoms with Gasteiger partial charge in [0.05, 0.1) is 19.8 Å². The minimum Gasteiger partial charge on any atom is -0.398 e. The molecule has 0 bridgehead atoms. The summed E-state index contributed by atoms with van der Waals surface area (Å²) in [6, 6.07) is 7.56. The number of para-hydroxylation sites is 1. The molecule has 1 saturated heterocycles. The van der Waals surface area contributed by atoms with Crippen molar-refractivity contribution >= 4 is 11.6 Å². The Kier molecular flexibility index (Phi) is 4.55. The molecule has 3 N–H and O–H groups in total. The number of hydrogen-bond donors (Lipinski definition) is 2. The fourth-order valence-electron chi connectivity index (χ4n) is 1.91. The number of morpholine rings is 1. The van der Waals surface area contributed by atoms with Gasteiger partial charge in [-0.2, -0.15) is 0 Å². The molecule has 18 heavy (non-hydrogen) atoms. The van der Waals surface area contributed by atoms with Gasteiger partial charge in [-0.1, -0.05) is 18.2 Å². The lowest BCUT2D eigenvalue weighted by atomic mass is 10.2. The number of hydrogen-bond acceptors (Lipinski definition) is 4. The maximum Gasteiger partial charge on any atom is 0.234 e. The van der Waals surface area contributed by atoms with E-state index in [4.69, 9.17) is 10.5 Å². The highest BCUT2D eigenvalue weighted by Gasteiger charge is 2.13. The van der Waals surface area contributed by atoms with Gasteiger partial charge in [-0.15, -0.1) is 0 Å². The first kappa shape index (κ1) is 12.9. The normalized spacial score (nSPS) is 16.4. The smallest absolute Gasteiger partial charge is 0.234 e. The lowest BCUT2D eigenvalue weighted by molar-refractivity contribution is -0.123. The summed E-state index contributed by atoms with van der Waals surface area (Å²) in [6.07, 6.45) is 0. The molecule has 0 radical (unpaired) electrons. The number of nitrogens with two attached hydrogens (primary N) is 1. The highest BCUT2D eigenvalue weighted by molar-refractivity contribution is 5.78. The van der Waals surface area contributed by atoms with Crippen LogP contribution in [-0.2, 0) is 16.1 Å². The molecule has 0 saturated carbocycles. The summed E-state index contributed by atoms with van der Waals surface area (Å²) in [4.78, 5) is 13.9. The zero-order chi connectivity index (χ0) is 12.8. The number of benzene rings is 1. The Labute approximate surface area is 107 Å². The van der Waals surface area contributed by atoms with Gasteiger partial charge in [-0.3, -0.25) is 9.69 Å². The number of carbonyl (C=O) groups excluding carboxylic acids is 1. The van der Waals surface area contributed by atoms with E-state index in [1.165, 1.54) is 0 Å². The van der Waals surface area contributed by atoms with E-state index in [9.17, 15) is 4.79 Å². The monoisotopic (exact) mass is 249 g/mol. The molecule has 1 aromatic carbocycles. The van der Waals surface area contributed by atoms with Crippen molar-refractivity contribution in [2.75, 3.05) is 38.6 Å². The summed E-state index contributed by atoms with van der Waals surface area (Å²) in [5.41, 5.74) is 7.48. The molecule has 0 aliphatic carbocycles. The van der Waals surface area contributed by atoms with E-state index in [-0.39, 0.29) is 5.91 Å². The van der Waals surface area contributed by atoms with Gasteiger partial charge in [-0.05, 0) is 11.6 Å². The first-order valence-electron chi connectivity index (χ1n) is 6.16. The molecule has 5 heteroatoms. The third-order valence-corrected chi connectivity index (χ3v) is 3.00. The van der Waals surface area contributed by atoms with Crippen molar-refractivity contribution in [3.8, 4) is 0 Å². The van der Waals surface area contributed by atoms with Gasteiger partial charge < -0.3 is 15.8 Å². The molecule has 0 unspecified atom stereocenters. The van der Waals surface area contributed by atoms with Crippen LogP contribution in [0.2, 0.25) is 0 Å². The van der Waals surface area contributed by atoms with Crippen LogP contribution in [0.15, 0.2) is 24.3 Å². The van der Waals surface area contributed by atoms with E-state index >= 15 is 0 Å². The van der Waals surface area contributed by atoms with Gasteiger partial charge in [0, 0.05) is 25.3 Å². The molecule has 5 nitrogen and oxygen atoms in total. The molecule has 1 aliphatic rings. The van der Waals surface area contributed by atoms with Crippen LogP contribution in [0.5, 0.6) is 0 Å². The topological polar surface area (TPSA) is 67.6 Å². The minimum absolute atomic E-state index is 0.0279. The zero-order valence-corrected chi connectivity index (χ0v) is 10.4. The van der Waals surface area contributed by atoms with Crippen LogP contribution in [0.25, 0.3) is 0 Å². The van der Waals surface area contributed by atoms with Gasteiger partial charge in [-0.25, -0.2) is 0 Å². The van der Waals surface area contributed by atoms with Crippen LogP contribution in [0.1, 0.15) is 5.56 Å². The van der Waals surface area contributed by atoms with E-state index in [0.717, 1.165) is 18.7 Å². The van der Waals surface area contributed by atoms with Gasteiger partial charge in [0.15, 0.2) is 0 Å². The first-order valence-corrected chi connectivity index (χ1v) is 6.16. The minimum atomic E-state index is 0.0279. The molecule has 1 aromatic rings. The molecule has 0 spiro atoms. The molecule has 2 rings (SSSR count).